The Labute approximate surface area is 202 Å². The summed E-state index contributed by atoms with van der Waals surface area (Å²) in [5, 5.41) is 14.7. The van der Waals surface area contributed by atoms with Crippen molar-refractivity contribution in [2.75, 3.05) is 13.1 Å². The van der Waals surface area contributed by atoms with Crippen LogP contribution in [0.25, 0.3) is 34.8 Å². The number of aryl methyl sites for hydroxylation is 2. The molecule has 0 bridgehead atoms. The summed E-state index contributed by atoms with van der Waals surface area (Å²) in [6.45, 7) is 6.46. The quantitative estimate of drug-likeness (QED) is 0.460. The summed E-state index contributed by atoms with van der Waals surface area (Å²) in [5.41, 5.74) is 6.07. The number of benzene rings is 1. The Bertz CT molecular complexity index is 1300. The van der Waals surface area contributed by atoms with Gasteiger partial charge in [-0.15, -0.1) is 5.10 Å². The van der Waals surface area contributed by atoms with Gasteiger partial charge in [-0.1, -0.05) is 67.1 Å². The van der Waals surface area contributed by atoms with Crippen LogP contribution in [0.2, 0.25) is 0 Å². The van der Waals surface area contributed by atoms with E-state index in [1.807, 2.05) is 36.9 Å². The first-order valence-electron chi connectivity index (χ1n) is 12.4. The van der Waals surface area contributed by atoms with E-state index in [0.29, 0.717) is 0 Å². The van der Waals surface area contributed by atoms with E-state index in [1.54, 1.807) is 0 Å². The Hall–Kier alpha value is -3.31. The van der Waals surface area contributed by atoms with E-state index >= 15 is 0 Å². The third-order valence-electron chi connectivity index (χ3n) is 6.13. The summed E-state index contributed by atoms with van der Waals surface area (Å²) in [5.74, 6) is 0. The molecule has 0 atom stereocenters. The Morgan fingerprint density at radius 1 is 0.941 bits per heavy atom. The van der Waals surface area contributed by atoms with Crippen LogP contribution in [0, 0.1) is 6.92 Å². The lowest BCUT2D eigenvalue weighted by Gasteiger charge is -2.08. The molecule has 34 heavy (non-hydrogen) atoms. The van der Waals surface area contributed by atoms with E-state index in [9.17, 15) is 0 Å². The minimum absolute atomic E-state index is 0.812. The summed E-state index contributed by atoms with van der Waals surface area (Å²) in [6, 6.07) is 12.6. The monoisotopic (exact) mass is 453 g/mol. The molecule has 1 N–H and O–H groups in total. The number of hydrogen-bond acceptors (Lipinski definition) is 4. The van der Waals surface area contributed by atoms with Gasteiger partial charge in [0, 0.05) is 18.3 Å². The Morgan fingerprint density at radius 3 is 2.65 bits per heavy atom. The molecule has 0 radical (unpaired) electrons. The van der Waals surface area contributed by atoms with Gasteiger partial charge < -0.3 is 5.32 Å². The van der Waals surface area contributed by atoms with Crippen LogP contribution in [0.5, 0.6) is 0 Å². The van der Waals surface area contributed by atoms with Gasteiger partial charge in [0.2, 0.25) is 0 Å². The molecular formula is C29H35N5. The number of hydrogen-bond donors (Lipinski definition) is 1. The van der Waals surface area contributed by atoms with E-state index in [1.165, 1.54) is 41.7 Å². The number of aromatic nitrogens is 4. The van der Waals surface area contributed by atoms with Gasteiger partial charge in [-0.05, 0) is 79.9 Å². The second-order valence-electron chi connectivity index (χ2n) is 8.92. The first-order chi connectivity index (χ1) is 16.7. The molecule has 0 fully saturated rings. The number of fused-ring (bicyclic) bond motifs is 1. The topological polar surface area (TPSA) is 55.6 Å². The van der Waals surface area contributed by atoms with Crippen molar-refractivity contribution < 1.29 is 0 Å². The van der Waals surface area contributed by atoms with Gasteiger partial charge in [0.25, 0.3) is 0 Å². The van der Waals surface area contributed by atoms with Crippen molar-refractivity contribution in [3.8, 4) is 22.6 Å². The fraction of sp³-hybridized carbons (Fsp3) is 0.345. The number of rotatable bonds is 10. The highest BCUT2D eigenvalue weighted by Crippen LogP contribution is 2.27. The number of nitrogens with zero attached hydrogens (tertiary/aromatic N) is 4. The molecular weight excluding hydrogens is 418 g/mol. The zero-order valence-electron chi connectivity index (χ0n) is 20.6. The number of nitrogens with one attached hydrogen (secondary N) is 1. The van der Waals surface area contributed by atoms with Crippen LogP contribution < -0.4 is 15.8 Å². The molecule has 0 saturated heterocycles. The maximum atomic E-state index is 4.68. The maximum absolute atomic E-state index is 4.68. The van der Waals surface area contributed by atoms with Gasteiger partial charge in [0.15, 0.2) is 0 Å². The van der Waals surface area contributed by atoms with Crippen molar-refractivity contribution in [2.45, 2.75) is 46.0 Å². The first-order valence-corrected chi connectivity index (χ1v) is 12.4. The Balaban J connectivity index is 1.60. The van der Waals surface area contributed by atoms with Crippen LogP contribution in [0.4, 0.5) is 0 Å². The molecule has 1 aromatic carbocycles. The van der Waals surface area contributed by atoms with Crippen LogP contribution in [0.1, 0.15) is 44.7 Å². The standard InChI is InChI=1S/C29H35N5/c1-4-5-18-30-19-9-8-13-23-12-6-7-14-24-16-17-25(21-26(24)20-23)29-28(32-33-34(29)3)27-15-10-11-22(2)31-27/h6-7,10-12,14-17,20-21,30H,4-5,8-9,13,18-19H2,1-3H3/b7-6+,12-6?,14-7?,23-12?,23-20?,24-14+,26-20?. The molecule has 1 aliphatic rings. The summed E-state index contributed by atoms with van der Waals surface area (Å²) < 4.78 is 1.84. The molecule has 1 aliphatic carbocycles. The minimum Gasteiger partial charge on any atom is -0.317 e. The smallest absolute Gasteiger partial charge is 0.139 e. The predicted octanol–water partition coefficient (Wildman–Crippen LogP) is 4.47. The number of unbranched alkanes of at least 4 members (excludes halogenated alkanes) is 2. The van der Waals surface area contributed by atoms with Crippen molar-refractivity contribution >= 4 is 12.2 Å². The van der Waals surface area contributed by atoms with Crippen molar-refractivity contribution in [3.05, 3.63) is 76.3 Å². The van der Waals surface area contributed by atoms with Crippen LogP contribution in [-0.4, -0.2) is 33.1 Å². The Kier molecular flexibility index (Phi) is 8.21. The lowest BCUT2D eigenvalue weighted by molar-refractivity contribution is 0.600. The van der Waals surface area contributed by atoms with Crippen LogP contribution in [0.15, 0.2) is 60.2 Å². The average Bonchev–Trinajstić information content (AvgIpc) is 3.21. The van der Waals surface area contributed by atoms with Gasteiger partial charge in [-0.25, -0.2) is 4.68 Å². The van der Waals surface area contributed by atoms with Crippen LogP contribution in [-0.2, 0) is 7.05 Å². The van der Waals surface area contributed by atoms with E-state index in [2.05, 4.69) is 76.1 Å². The largest absolute Gasteiger partial charge is 0.317 e. The SMILES string of the molecule is CCCCNCCCCC1=C/C=C/C=c2\ccc(-c3c(-c4cccc(C)n4)nnn3C)cc2=C1. The van der Waals surface area contributed by atoms with Gasteiger partial charge in [-0.3, -0.25) is 4.98 Å². The van der Waals surface area contributed by atoms with Crippen molar-refractivity contribution in [1.29, 1.82) is 0 Å². The molecule has 176 valence electrons. The maximum Gasteiger partial charge on any atom is 0.139 e. The molecule has 0 spiro atoms. The molecule has 2 aromatic heterocycles. The van der Waals surface area contributed by atoms with Crippen molar-refractivity contribution in [3.63, 3.8) is 0 Å². The van der Waals surface area contributed by atoms with E-state index < -0.39 is 0 Å². The van der Waals surface area contributed by atoms with Crippen LogP contribution in [0.3, 0.4) is 0 Å². The lowest BCUT2D eigenvalue weighted by Crippen LogP contribution is -2.25. The van der Waals surface area contributed by atoms with Gasteiger partial charge in [0.05, 0.1) is 11.4 Å². The second kappa shape index (κ2) is 11.7. The normalized spacial score (nSPS) is 14.8. The highest BCUT2D eigenvalue weighted by molar-refractivity contribution is 5.76. The van der Waals surface area contributed by atoms with E-state index in [0.717, 1.165) is 47.8 Å². The molecule has 5 nitrogen and oxygen atoms in total. The third kappa shape index (κ3) is 5.97. The zero-order valence-corrected chi connectivity index (χ0v) is 20.6. The van der Waals surface area contributed by atoms with Gasteiger partial charge in [-0.2, -0.15) is 0 Å². The van der Waals surface area contributed by atoms with E-state index in [4.69, 9.17) is 0 Å². The molecule has 0 saturated carbocycles. The molecule has 0 amide bonds. The predicted molar refractivity (Wildman–Crippen MR) is 141 cm³/mol. The van der Waals surface area contributed by atoms with Gasteiger partial charge >= 0.3 is 0 Å². The number of allylic oxidation sites excluding steroid dienone is 4. The van der Waals surface area contributed by atoms with E-state index in [-0.39, 0.29) is 0 Å². The molecule has 3 aromatic rings. The van der Waals surface area contributed by atoms with Crippen molar-refractivity contribution in [2.24, 2.45) is 7.05 Å². The molecule has 4 rings (SSSR count). The fourth-order valence-electron chi connectivity index (χ4n) is 4.27. The third-order valence-corrected chi connectivity index (χ3v) is 6.13. The second-order valence-corrected chi connectivity index (χ2v) is 8.92. The molecule has 0 aliphatic heterocycles. The lowest BCUT2D eigenvalue weighted by atomic mass is 10.0. The fourth-order valence-corrected chi connectivity index (χ4v) is 4.27. The Morgan fingerprint density at radius 2 is 1.79 bits per heavy atom. The highest BCUT2D eigenvalue weighted by Gasteiger charge is 2.16. The summed E-state index contributed by atoms with van der Waals surface area (Å²) in [7, 11) is 1.94. The zero-order chi connectivity index (χ0) is 23.8. The number of pyridine rings is 1. The first kappa shape index (κ1) is 23.8. The molecule has 0 unspecified atom stereocenters. The van der Waals surface area contributed by atoms with Crippen molar-refractivity contribution in [1.82, 2.24) is 25.3 Å². The molecule has 5 heteroatoms. The average molecular weight is 454 g/mol. The summed E-state index contributed by atoms with van der Waals surface area (Å²) in [6.07, 6.45) is 17.0. The molecule has 2 heterocycles. The van der Waals surface area contributed by atoms with Gasteiger partial charge in [0.1, 0.15) is 5.69 Å². The minimum atomic E-state index is 0.812. The summed E-state index contributed by atoms with van der Waals surface area (Å²) >= 11 is 0. The highest BCUT2D eigenvalue weighted by atomic mass is 15.4. The van der Waals surface area contributed by atoms with Crippen LogP contribution >= 0.6 is 0 Å². The summed E-state index contributed by atoms with van der Waals surface area (Å²) in [4.78, 5) is 4.68.